The summed E-state index contributed by atoms with van der Waals surface area (Å²) in [6.07, 6.45) is 1.66. The first kappa shape index (κ1) is 12.0. The van der Waals surface area contributed by atoms with Gasteiger partial charge < -0.3 is 5.11 Å². The molecule has 0 saturated carbocycles. The van der Waals surface area contributed by atoms with Gasteiger partial charge in [-0.2, -0.15) is 0 Å². The predicted molar refractivity (Wildman–Crippen MR) is 65.8 cm³/mol. The molecule has 5 heteroatoms. The number of nitrogens with zero attached hydrogens (tertiary/aromatic N) is 3. The van der Waals surface area contributed by atoms with E-state index in [1.807, 2.05) is 32.0 Å². The Morgan fingerprint density at radius 2 is 1.88 bits per heavy atom. The molecule has 0 aliphatic heterocycles. The van der Waals surface area contributed by atoms with Gasteiger partial charge in [-0.15, -0.1) is 0 Å². The summed E-state index contributed by atoms with van der Waals surface area (Å²) in [7, 11) is 0. The van der Waals surface area contributed by atoms with Crippen molar-refractivity contribution >= 4 is 11.8 Å². The van der Waals surface area contributed by atoms with E-state index < -0.39 is 0 Å². The molecule has 2 rings (SSSR count). The molecule has 0 bridgehead atoms. The van der Waals surface area contributed by atoms with Gasteiger partial charge in [-0.05, 0) is 43.3 Å². The van der Waals surface area contributed by atoms with Crippen molar-refractivity contribution in [3.63, 3.8) is 0 Å². The van der Waals surface area contributed by atoms with Crippen molar-refractivity contribution in [2.24, 2.45) is 0 Å². The number of aliphatic hydroxyl groups is 1. The summed E-state index contributed by atoms with van der Waals surface area (Å²) in [5, 5.41) is 10.4. The van der Waals surface area contributed by atoms with Crippen LogP contribution in [0, 0.1) is 13.8 Å². The SMILES string of the molecule is Cc1cc(C)nc(Sc2ccc(CO)cn2)n1. The number of aromatic nitrogens is 3. The Hall–Kier alpha value is -1.46. The average Bonchev–Trinajstić information content (AvgIpc) is 2.28. The maximum absolute atomic E-state index is 8.92. The van der Waals surface area contributed by atoms with Crippen LogP contribution in [-0.4, -0.2) is 20.1 Å². The lowest BCUT2D eigenvalue weighted by atomic mass is 10.3. The molecule has 0 aliphatic rings. The highest BCUT2D eigenvalue weighted by atomic mass is 32.2. The molecule has 4 nitrogen and oxygen atoms in total. The second-order valence-corrected chi connectivity index (χ2v) is 4.69. The van der Waals surface area contributed by atoms with Crippen LogP contribution in [0.15, 0.2) is 34.6 Å². The lowest BCUT2D eigenvalue weighted by Gasteiger charge is -2.02. The molecule has 2 aromatic heterocycles. The third-order valence-electron chi connectivity index (χ3n) is 2.14. The first-order valence-corrected chi connectivity index (χ1v) is 6.05. The van der Waals surface area contributed by atoms with Crippen molar-refractivity contribution in [3.8, 4) is 0 Å². The minimum atomic E-state index is 0.0119. The first-order valence-electron chi connectivity index (χ1n) is 5.23. The normalized spacial score (nSPS) is 10.5. The molecule has 0 radical (unpaired) electrons. The zero-order chi connectivity index (χ0) is 12.3. The van der Waals surface area contributed by atoms with Crippen LogP contribution in [-0.2, 0) is 6.61 Å². The van der Waals surface area contributed by atoms with Crippen LogP contribution in [0.2, 0.25) is 0 Å². The van der Waals surface area contributed by atoms with E-state index >= 15 is 0 Å². The summed E-state index contributed by atoms with van der Waals surface area (Å²) in [5.74, 6) is 0. The van der Waals surface area contributed by atoms with Crippen molar-refractivity contribution in [2.45, 2.75) is 30.6 Å². The van der Waals surface area contributed by atoms with Crippen LogP contribution in [0.3, 0.4) is 0 Å². The molecule has 0 atom stereocenters. The molecule has 0 unspecified atom stereocenters. The summed E-state index contributed by atoms with van der Waals surface area (Å²) in [6, 6.07) is 5.64. The molecular formula is C12H13N3OS. The quantitative estimate of drug-likeness (QED) is 0.842. The highest BCUT2D eigenvalue weighted by Gasteiger charge is 2.03. The Morgan fingerprint density at radius 1 is 1.18 bits per heavy atom. The van der Waals surface area contributed by atoms with Crippen LogP contribution in [0.25, 0.3) is 0 Å². The largest absolute Gasteiger partial charge is 0.392 e. The van der Waals surface area contributed by atoms with E-state index in [-0.39, 0.29) is 6.61 Å². The van der Waals surface area contributed by atoms with E-state index in [0.717, 1.165) is 22.0 Å². The fraction of sp³-hybridized carbons (Fsp3) is 0.250. The fourth-order valence-electron chi connectivity index (χ4n) is 1.40. The van der Waals surface area contributed by atoms with Crippen molar-refractivity contribution in [3.05, 3.63) is 41.3 Å². The molecule has 0 fully saturated rings. The maximum atomic E-state index is 8.92. The molecule has 0 spiro atoms. The first-order chi connectivity index (χ1) is 8.17. The third kappa shape index (κ3) is 3.25. The number of aryl methyl sites for hydroxylation is 2. The highest BCUT2D eigenvalue weighted by molar-refractivity contribution is 7.99. The van der Waals surface area contributed by atoms with Gasteiger partial charge in [0, 0.05) is 17.6 Å². The molecule has 2 heterocycles. The number of hydrogen-bond acceptors (Lipinski definition) is 5. The molecule has 0 amide bonds. The monoisotopic (exact) mass is 247 g/mol. The van der Waals surface area contributed by atoms with E-state index in [0.29, 0.717) is 5.16 Å². The highest BCUT2D eigenvalue weighted by Crippen LogP contribution is 2.22. The minimum absolute atomic E-state index is 0.0119. The van der Waals surface area contributed by atoms with Gasteiger partial charge in [0.25, 0.3) is 0 Å². The van der Waals surface area contributed by atoms with Crippen LogP contribution in [0.1, 0.15) is 17.0 Å². The summed E-state index contributed by atoms with van der Waals surface area (Å²) in [4.78, 5) is 12.9. The van der Waals surface area contributed by atoms with Gasteiger partial charge in [-0.3, -0.25) is 0 Å². The van der Waals surface area contributed by atoms with E-state index in [1.54, 1.807) is 6.20 Å². The van der Waals surface area contributed by atoms with E-state index in [1.165, 1.54) is 11.8 Å². The van der Waals surface area contributed by atoms with Crippen LogP contribution in [0.4, 0.5) is 0 Å². The van der Waals surface area contributed by atoms with Crippen LogP contribution in [0.5, 0.6) is 0 Å². The molecule has 2 aromatic rings. The van der Waals surface area contributed by atoms with E-state index in [4.69, 9.17) is 5.11 Å². The minimum Gasteiger partial charge on any atom is -0.392 e. The second-order valence-electron chi connectivity index (χ2n) is 3.70. The topological polar surface area (TPSA) is 58.9 Å². The summed E-state index contributed by atoms with van der Waals surface area (Å²) >= 11 is 1.42. The summed E-state index contributed by atoms with van der Waals surface area (Å²) in [5.41, 5.74) is 2.70. The van der Waals surface area contributed by atoms with Gasteiger partial charge in [0.1, 0.15) is 5.03 Å². The van der Waals surface area contributed by atoms with Crippen LogP contribution >= 0.6 is 11.8 Å². The molecule has 0 aliphatic carbocycles. The average molecular weight is 247 g/mol. The smallest absolute Gasteiger partial charge is 0.194 e. The molecule has 17 heavy (non-hydrogen) atoms. The van der Waals surface area contributed by atoms with Crippen molar-refractivity contribution in [2.75, 3.05) is 0 Å². The number of aliphatic hydroxyl groups excluding tert-OH is 1. The second kappa shape index (κ2) is 5.25. The van der Waals surface area contributed by atoms with E-state index in [9.17, 15) is 0 Å². The van der Waals surface area contributed by atoms with Crippen molar-refractivity contribution in [1.82, 2.24) is 15.0 Å². The number of rotatable bonds is 3. The maximum Gasteiger partial charge on any atom is 0.194 e. The van der Waals surface area contributed by atoms with Gasteiger partial charge in [-0.1, -0.05) is 6.07 Å². The Kier molecular flexibility index (Phi) is 3.71. The van der Waals surface area contributed by atoms with Crippen molar-refractivity contribution < 1.29 is 5.11 Å². The summed E-state index contributed by atoms with van der Waals surface area (Å²) < 4.78 is 0. The van der Waals surface area contributed by atoms with Gasteiger partial charge >= 0.3 is 0 Å². The summed E-state index contributed by atoms with van der Waals surface area (Å²) in [6.45, 7) is 3.90. The van der Waals surface area contributed by atoms with Gasteiger partial charge in [0.2, 0.25) is 0 Å². The number of pyridine rings is 1. The Labute approximate surface area is 104 Å². The predicted octanol–water partition coefficient (Wildman–Crippen LogP) is 2.13. The standard InChI is InChI=1S/C12H13N3OS/c1-8-5-9(2)15-12(14-8)17-11-4-3-10(7-16)6-13-11/h3-6,16H,7H2,1-2H3. The lowest BCUT2D eigenvalue weighted by Crippen LogP contribution is -1.93. The Morgan fingerprint density at radius 3 is 2.41 bits per heavy atom. The third-order valence-corrected chi connectivity index (χ3v) is 2.95. The zero-order valence-electron chi connectivity index (χ0n) is 9.71. The Balaban J connectivity index is 2.19. The fourth-order valence-corrected chi connectivity index (χ4v) is 2.21. The van der Waals surface area contributed by atoms with Gasteiger partial charge in [-0.25, -0.2) is 15.0 Å². The molecule has 0 aromatic carbocycles. The molecular weight excluding hydrogens is 234 g/mol. The van der Waals surface area contributed by atoms with Crippen molar-refractivity contribution in [1.29, 1.82) is 0 Å². The molecule has 88 valence electrons. The lowest BCUT2D eigenvalue weighted by molar-refractivity contribution is 0.281. The Bertz CT molecular complexity index is 493. The van der Waals surface area contributed by atoms with E-state index in [2.05, 4.69) is 15.0 Å². The van der Waals surface area contributed by atoms with Gasteiger partial charge in [0.05, 0.1) is 6.61 Å². The molecule has 0 saturated heterocycles. The number of hydrogen-bond donors (Lipinski definition) is 1. The zero-order valence-corrected chi connectivity index (χ0v) is 10.5. The van der Waals surface area contributed by atoms with Crippen LogP contribution < -0.4 is 0 Å². The molecule has 1 N–H and O–H groups in total. The van der Waals surface area contributed by atoms with Gasteiger partial charge in [0.15, 0.2) is 5.16 Å².